The molecule has 1 saturated carbocycles. The standard InChI is InChI=1S/C9H11BrN2/c10-8-4-1-3-7(12-8)9(11)5-2-6-9/h1,3-4H,2,5-6,11H2. The van der Waals surface area contributed by atoms with Crippen molar-refractivity contribution in [3.05, 3.63) is 28.5 Å². The molecule has 12 heavy (non-hydrogen) atoms. The third-order valence-electron chi connectivity index (χ3n) is 2.47. The minimum Gasteiger partial charge on any atom is -0.320 e. The minimum atomic E-state index is -0.135. The Balaban J connectivity index is 2.33. The van der Waals surface area contributed by atoms with E-state index in [-0.39, 0.29) is 5.54 Å². The van der Waals surface area contributed by atoms with E-state index in [2.05, 4.69) is 20.9 Å². The van der Waals surface area contributed by atoms with Crippen LogP contribution in [0.2, 0.25) is 0 Å². The van der Waals surface area contributed by atoms with Gasteiger partial charge in [0.05, 0.1) is 11.2 Å². The lowest BCUT2D eigenvalue weighted by Gasteiger charge is -2.37. The number of hydrogen-bond donors (Lipinski definition) is 1. The fourth-order valence-corrected chi connectivity index (χ4v) is 1.84. The molecule has 3 heteroatoms. The van der Waals surface area contributed by atoms with Crippen LogP contribution in [0.5, 0.6) is 0 Å². The largest absolute Gasteiger partial charge is 0.320 e. The summed E-state index contributed by atoms with van der Waals surface area (Å²) < 4.78 is 0.872. The zero-order valence-electron chi connectivity index (χ0n) is 6.76. The second kappa shape index (κ2) is 2.82. The van der Waals surface area contributed by atoms with Gasteiger partial charge in [-0.05, 0) is 47.3 Å². The van der Waals surface area contributed by atoms with E-state index in [1.165, 1.54) is 6.42 Å². The molecule has 1 aromatic rings. The topological polar surface area (TPSA) is 38.9 Å². The smallest absolute Gasteiger partial charge is 0.106 e. The molecule has 0 spiro atoms. The Morgan fingerprint density at radius 1 is 1.42 bits per heavy atom. The molecule has 0 amide bonds. The summed E-state index contributed by atoms with van der Waals surface area (Å²) in [7, 11) is 0. The first-order valence-electron chi connectivity index (χ1n) is 4.13. The highest BCUT2D eigenvalue weighted by atomic mass is 79.9. The van der Waals surface area contributed by atoms with Crippen LogP contribution in [0.25, 0.3) is 0 Å². The molecule has 2 N–H and O–H groups in total. The van der Waals surface area contributed by atoms with Crippen LogP contribution in [0.4, 0.5) is 0 Å². The van der Waals surface area contributed by atoms with Crippen LogP contribution in [0.1, 0.15) is 25.0 Å². The van der Waals surface area contributed by atoms with Crippen molar-refractivity contribution in [2.24, 2.45) is 5.73 Å². The molecule has 0 radical (unpaired) electrons. The van der Waals surface area contributed by atoms with Crippen molar-refractivity contribution in [1.82, 2.24) is 4.98 Å². The molecule has 64 valence electrons. The lowest BCUT2D eigenvalue weighted by Crippen LogP contribution is -2.44. The third kappa shape index (κ3) is 1.27. The predicted octanol–water partition coefficient (Wildman–Crippen LogP) is 2.18. The van der Waals surface area contributed by atoms with Gasteiger partial charge in [-0.25, -0.2) is 4.98 Å². The molecule has 2 rings (SSSR count). The Hall–Kier alpha value is -0.410. The molecule has 0 bridgehead atoms. The van der Waals surface area contributed by atoms with Gasteiger partial charge in [0.15, 0.2) is 0 Å². The van der Waals surface area contributed by atoms with Gasteiger partial charge in [0, 0.05) is 0 Å². The first-order chi connectivity index (χ1) is 5.71. The molecular formula is C9H11BrN2. The van der Waals surface area contributed by atoms with E-state index >= 15 is 0 Å². The van der Waals surface area contributed by atoms with Gasteiger partial charge in [-0.2, -0.15) is 0 Å². The monoisotopic (exact) mass is 226 g/mol. The number of nitrogens with zero attached hydrogens (tertiary/aromatic N) is 1. The molecular weight excluding hydrogens is 216 g/mol. The Bertz CT molecular complexity index is 294. The van der Waals surface area contributed by atoms with E-state index in [1.807, 2.05) is 18.2 Å². The number of hydrogen-bond acceptors (Lipinski definition) is 2. The molecule has 2 nitrogen and oxygen atoms in total. The molecule has 1 aliphatic carbocycles. The molecule has 0 atom stereocenters. The molecule has 1 heterocycles. The van der Waals surface area contributed by atoms with Gasteiger partial charge in [0.2, 0.25) is 0 Å². The minimum absolute atomic E-state index is 0.135. The van der Waals surface area contributed by atoms with Crippen LogP contribution in [-0.4, -0.2) is 4.98 Å². The summed E-state index contributed by atoms with van der Waals surface area (Å²) in [5.74, 6) is 0. The van der Waals surface area contributed by atoms with Crippen molar-refractivity contribution in [3.63, 3.8) is 0 Å². The van der Waals surface area contributed by atoms with Gasteiger partial charge in [0.1, 0.15) is 4.60 Å². The predicted molar refractivity (Wildman–Crippen MR) is 51.7 cm³/mol. The van der Waals surface area contributed by atoms with Crippen LogP contribution >= 0.6 is 15.9 Å². The number of nitrogens with two attached hydrogens (primary N) is 1. The van der Waals surface area contributed by atoms with E-state index in [9.17, 15) is 0 Å². The first-order valence-corrected chi connectivity index (χ1v) is 4.92. The second-order valence-electron chi connectivity index (χ2n) is 3.36. The van der Waals surface area contributed by atoms with E-state index in [0.717, 1.165) is 23.1 Å². The van der Waals surface area contributed by atoms with E-state index in [4.69, 9.17) is 5.73 Å². The van der Waals surface area contributed by atoms with Gasteiger partial charge < -0.3 is 5.73 Å². The van der Waals surface area contributed by atoms with E-state index in [1.54, 1.807) is 0 Å². The van der Waals surface area contributed by atoms with E-state index < -0.39 is 0 Å². The van der Waals surface area contributed by atoms with E-state index in [0.29, 0.717) is 0 Å². The summed E-state index contributed by atoms with van der Waals surface area (Å²) in [4.78, 5) is 4.36. The van der Waals surface area contributed by atoms with Crippen LogP contribution < -0.4 is 5.73 Å². The van der Waals surface area contributed by atoms with Crippen molar-refractivity contribution in [1.29, 1.82) is 0 Å². The highest BCUT2D eigenvalue weighted by molar-refractivity contribution is 9.10. The van der Waals surface area contributed by atoms with Gasteiger partial charge in [0.25, 0.3) is 0 Å². The lowest BCUT2D eigenvalue weighted by atomic mass is 9.75. The molecule has 1 fully saturated rings. The van der Waals surface area contributed by atoms with Crippen molar-refractivity contribution >= 4 is 15.9 Å². The van der Waals surface area contributed by atoms with Crippen molar-refractivity contribution in [2.75, 3.05) is 0 Å². The molecule has 1 aromatic heterocycles. The molecule has 0 saturated heterocycles. The Morgan fingerprint density at radius 2 is 2.17 bits per heavy atom. The normalized spacial score (nSPS) is 20.2. The molecule has 0 aliphatic heterocycles. The zero-order valence-corrected chi connectivity index (χ0v) is 8.34. The van der Waals surface area contributed by atoms with Gasteiger partial charge in [-0.3, -0.25) is 0 Å². The number of aromatic nitrogens is 1. The summed E-state index contributed by atoms with van der Waals surface area (Å²) >= 11 is 3.34. The highest BCUT2D eigenvalue weighted by Gasteiger charge is 2.35. The quantitative estimate of drug-likeness (QED) is 0.747. The number of rotatable bonds is 1. The fraction of sp³-hybridized carbons (Fsp3) is 0.444. The van der Waals surface area contributed by atoms with Gasteiger partial charge in [-0.1, -0.05) is 6.07 Å². The average molecular weight is 227 g/mol. The van der Waals surface area contributed by atoms with Crippen LogP contribution in [0.15, 0.2) is 22.8 Å². The zero-order chi connectivity index (χ0) is 8.60. The van der Waals surface area contributed by atoms with Crippen LogP contribution in [-0.2, 0) is 5.54 Å². The maximum Gasteiger partial charge on any atom is 0.106 e. The summed E-state index contributed by atoms with van der Waals surface area (Å²) in [6.45, 7) is 0. The van der Waals surface area contributed by atoms with Crippen LogP contribution in [0.3, 0.4) is 0 Å². The molecule has 0 unspecified atom stereocenters. The molecule has 1 aliphatic rings. The molecule has 0 aromatic carbocycles. The fourth-order valence-electron chi connectivity index (χ4n) is 1.50. The van der Waals surface area contributed by atoms with Gasteiger partial charge >= 0.3 is 0 Å². The number of halogens is 1. The highest BCUT2D eigenvalue weighted by Crippen LogP contribution is 2.37. The number of pyridine rings is 1. The first kappa shape index (κ1) is 8.20. The average Bonchev–Trinajstić information content (AvgIpc) is 2.00. The SMILES string of the molecule is NC1(c2cccc(Br)n2)CCC1. The Morgan fingerprint density at radius 3 is 2.67 bits per heavy atom. The van der Waals surface area contributed by atoms with Crippen molar-refractivity contribution < 1.29 is 0 Å². The van der Waals surface area contributed by atoms with Crippen molar-refractivity contribution in [3.8, 4) is 0 Å². The second-order valence-corrected chi connectivity index (χ2v) is 4.17. The lowest BCUT2D eigenvalue weighted by molar-refractivity contribution is 0.246. The maximum absolute atomic E-state index is 6.11. The third-order valence-corrected chi connectivity index (χ3v) is 2.91. The van der Waals surface area contributed by atoms with Gasteiger partial charge in [-0.15, -0.1) is 0 Å². The summed E-state index contributed by atoms with van der Waals surface area (Å²) in [5, 5.41) is 0. The van der Waals surface area contributed by atoms with Crippen LogP contribution in [0, 0.1) is 0 Å². The summed E-state index contributed by atoms with van der Waals surface area (Å²) in [6, 6.07) is 5.91. The Labute approximate surface area is 80.3 Å². The van der Waals surface area contributed by atoms with Crippen molar-refractivity contribution in [2.45, 2.75) is 24.8 Å². The maximum atomic E-state index is 6.11. The Kier molecular flexibility index (Phi) is 1.93. The summed E-state index contributed by atoms with van der Waals surface area (Å²) in [5.41, 5.74) is 6.99. The summed E-state index contributed by atoms with van der Waals surface area (Å²) in [6.07, 6.45) is 3.36.